The van der Waals surface area contributed by atoms with Gasteiger partial charge in [0.1, 0.15) is 5.78 Å². The van der Waals surface area contributed by atoms with Gasteiger partial charge < -0.3 is 10.1 Å². The SMILES string of the molecule is CC(C)(C)OCCCNCCC(=O)C(C)(C)C. The molecule has 0 aromatic carbocycles. The summed E-state index contributed by atoms with van der Waals surface area (Å²) in [6.07, 6.45) is 1.60. The topological polar surface area (TPSA) is 38.3 Å². The lowest BCUT2D eigenvalue weighted by Gasteiger charge is -2.19. The number of hydrogen-bond donors (Lipinski definition) is 1. The van der Waals surface area contributed by atoms with Crippen LogP contribution in [-0.4, -0.2) is 31.1 Å². The average Bonchev–Trinajstić information content (AvgIpc) is 2.12. The highest BCUT2D eigenvalue weighted by molar-refractivity contribution is 5.83. The van der Waals surface area contributed by atoms with Crippen molar-refractivity contribution in [3.05, 3.63) is 0 Å². The zero-order valence-corrected chi connectivity index (χ0v) is 12.4. The van der Waals surface area contributed by atoms with Gasteiger partial charge in [0.2, 0.25) is 0 Å². The highest BCUT2D eigenvalue weighted by Crippen LogP contribution is 2.15. The Balaban J connectivity index is 3.39. The van der Waals surface area contributed by atoms with Crippen molar-refractivity contribution >= 4 is 5.78 Å². The maximum atomic E-state index is 11.6. The summed E-state index contributed by atoms with van der Waals surface area (Å²) < 4.78 is 5.60. The quantitative estimate of drug-likeness (QED) is 0.699. The normalized spacial score (nSPS) is 12.8. The minimum Gasteiger partial charge on any atom is -0.376 e. The van der Waals surface area contributed by atoms with E-state index in [1.54, 1.807) is 0 Å². The second kappa shape index (κ2) is 7.12. The number of hydrogen-bond acceptors (Lipinski definition) is 3. The van der Waals surface area contributed by atoms with Crippen molar-refractivity contribution in [1.29, 1.82) is 0 Å². The molecule has 17 heavy (non-hydrogen) atoms. The van der Waals surface area contributed by atoms with Crippen LogP contribution in [0.15, 0.2) is 0 Å². The zero-order chi connectivity index (χ0) is 13.5. The van der Waals surface area contributed by atoms with Gasteiger partial charge in [0, 0.05) is 25.0 Å². The Bertz CT molecular complexity index is 223. The van der Waals surface area contributed by atoms with E-state index in [0.29, 0.717) is 12.2 Å². The summed E-state index contributed by atoms with van der Waals surface area (Å²) in [6.45, 7) is 14.5. The van der Waals surface area contributed by atoms with Crippen LogP contribution in [0.2, 0.25) is 0 Å². The third-order valence-electron chi connectivity index (χ3n) is 2.40. The first-order valence-electron chi connectivity index (χ1n) is 6.51. The van der Waals surface area contributed by atoms with Crippen molar-refractivity contribution in [3.8, 4) is 0 Å². The molecule has 0 aliphatic heterocycles. The van der Waals surface area contributed by atoms with Crippen molar-refractivity contribution in [2.24, 2.45) is 5.41 Å². The van der Waals surface area contributed by atoms with Gasteiger partial charge >= 0.3 is 0 Å². The number of ketones is 1. The van der Waals surface area contributed by atoms with Crippen molar-refractivity contribution < 1.29 is 9.53 Å². The van der Waals surface area contributed by atoms with Crippen molar-refractivity contribution in [2.75, 3.05) is 19.7 Å². The van der Waals surface area contributed by atoms with Gasteiger partial charge in [-0.05, 0) is 33.7 Å². The minimum absolute atomic E-state index is 0.0534. The lowest BCUT2D eigenvalue weighted by atomic mass is 9.89. The molecule has 0 aliphatic rings. The van der Waals surface area contributed by atoms with E-state index >= 15 is 0 Å². The van der Waals surface area contributed by atoms with Crippen LogP contribution in [0.4, 0.5) is 0 Å². The van der Waals surface area contributed by atoms with Crippen LogP contribution in [0.25, 0.3) is 0 Å². The molecule has 0 aliphatic carbocycles. The van der Waals surface area contributed by atoms with E-state index in [0.717, 1.165) is 26.1 Å². The first-order chi connectivity index (χ1) is 7.63. The van der Waals surface area contributed by atoms with Crippen LogP contribution < -0.4 is 5.32 Å². The maximum absolute atomic E-state index is 11.6. The summed E-state index contributed by atoms with van der Waals surface area (Å²) in [5.74, 6) is 0.316. The van der Waals surface area contributed by atoms with Gasteiger partial charge in [-0.1, -0.05) is 20.8 Å². The fraction of sp³-hybridized carbons (Fsp3) is 0.929. The first-order valence-corrected chi connectivity index (χ1v) is 6.51. The predicted octanol–water partition coefficient (Wildman–Crippen LogP) is 2.79. The van der Waals surface area contributed by atoms with Crippen LogP contribution in [0.1, 0.15) is 54.4 Å². The number of ether oxygens (including phenoxy) is 1. The van der Waals surface area contributed by atoms with Crippen LogP contribution >= 0.6 is 0 Å². The highest BCUT2D eigenvalue weighted by Gasteiger charge is 2.19. The van der Waals surface area contributed by atoms with Crippen molar-refractivity contribution in [2.45, 2.75) is 60.0 Å². The van der Waals surface area contributed by atoms with Gasteiger partial charge in [-0.2, -0.15) is 0 Å². The van der Waals surface area contributed by atoms with Gasteiger partial charge in [-0.3, -0.25) is 4.79 Å². The Kier molecular flexibility index (Phi) is 6.95. The van der Waals surface area contributed by atoms with Gasteiger partial charge in [-0.15, -0.1) is 0 Å². The number of Topliss-reactive ketones (excluding diaryl/α,β-unsaturated/α-hetero) is 1. The predicted molar refractivity (Wildman–Crippen MR) is 72.3 cm³/mol. The van der Waals surface area contributed by atoms with Gasteiger partial charge in [0.05, 0.1) is 5.60 Å². The lowest BCUT2D eigenvalue weighted by molar-refractivity contribution is -0.126. The molecule has 0 saturated heterocycles. The fourth-order valence-corrected chi connectivity index (χ4v) is 1.28. The largest absolute Gasteiger partial charge is 0.376 e. The second-order valence-corrected chi connectivity index (χ2v) is 6.49. The third kappa shape index (κ3) is 10.5. The Labute approximate surface area is 106 Å². The van der Waals surface area contributed by atoms with Crippen molar-refractivity contribution in [1.82, 2.24) is 5.32 Å². The summed E-state index contributed by atoms with van der Waals surface area (Å²) in [4.78, 5) is 11.6. The van der Waals surface area contributed by atoms with E-state index in [4.69, 9.17) is 4.74 Å². The van der Waals surface area contributed by atoms with Crippen molar-refractivity contribution in [3.63, 3.8) is 0 Å². The summed E-state index contributed by atoms with van der Waals surface area (Å²) in [6, 6.07) is 0. The molecule has 0 amide bonds. The van der Waals surface area contributed by atoms with E-state index in [2.05, 4.69) is 26.1 Å². The average molecular weight is 243 g/mol. The molecule has 0 aromatic rings. The Hall–Kier alpha value is -0.410. The molecule has 0 heterocycles. The maximum Gasteiger partial charge on any atom is 0.139 e. The third-order valence-corrected chi connectivity index (χ3v) is 2.40. The second-order valence-electron chi connectivity index (χ2n) is 6.49. The Morgan fingerprint density at radius 3 is 2.12 bits per heavy atom. The molecular weight excluding hydrogens is 214 g/mol. The molecule has 0 spiro atoms. The molecular formula is C14H29NO2. The molecule has 1 N–H and O–H groups in total. The molecule has 0 aromatic heterocycles. The molecule has 0 saturated carbocycles. The van der Waals surface area contributed by atoms with Crippen LogP contribution in [0, 0.1) is 5.41 Å². The van der Waals surface area contributed by atoms with Crippen LogP contribution in [-0.2, 0) is 9.53 Å². The van der Waals surface area contributed by atoms with Gasteiger partial charge in [-0.25, -0.2) is 0 Å². The molecule has 3 nitrogen and oxygen atoms in total. The number of carbonyl (C=O) groups excluding carboxylic acids is 1. The summed E-state index contributed by atoms with van der Waals surface area (Å²) in [5.41, 5.74) is -0.265. The van der Waals surface area contributed by atoms with E-state index in [1.807, 2.05) is 20.8 Å². The lowest BCUT2D eigenvalue weighted by Crippen LogP contribution is -2.27. The molecule has 0 fully saturated rings. The van der Waals surface area contributed by atoms with E-state index in [9.17, 15) is 4.79 Å². The summed E-state index contributed by atoms with van der Waals surface area (Å²) in [5, 5.41) is 3.27. The number of carbonyl (C=O) groups is 1. The molecule has 3 heteroatoms. The fourth-order valence-electron chi connectivity index (χ4n) is 1.28. The highest BCUT2D eigenvalue weighted by atomic mass is 16.5. The smallest absolute Gasteiger partial charge is 0.139 e. The minimum atomic E-state index is -0.211. The standard InChI is InChI=1S/C14H29NO2/c1-13(2,3)12(16)8-10-15-9-7-11-17-14(4,5)6/h15H,7-11H2,1-6H3. The molecule has 0 radical (unpaired) electrons. The Morgan fingerprint density at radius 1 is 1.06 bits per heavy atom. The van der Waals surface area contributed by atoms with E-state index in [-0.39, 0.29) is 11.0 Å². The summed E-state index contributed by atoms with van der Waals surface area (Å²) in [7, 11) is 0. The summed E-state index contributed by atoms with van der Waals surface area (Å²) >= 11 is 0. The number of nitrogens with one attached hydrogen (secondary N) is 1. The van der Waals surface area contributed by atoms with Gasteiger partial charge in [0.15, 0.2) is 0 Å². The van der Waals surface area contributed by atoms with E-state index < -0.39 is 0 Å². The Morgan fingerprint density at radius 2 is 1.65 bits per heavy atom. The molecule has 0 unspecified atom stereocenters. The van der Waals surface area contributed by atoms with Gasteiger partial charge in [0.25, 0.3) is 0 Å². The monoisotopic (exact) mass is 243 g/mol. The first kappa shape index (κ1) is 16.6. The number of rotatable bonds is 7. The molecule has 0 atom stereocenters. The zero-order valence-electron chi connectivity index (χ0n) is 12.4. The molecule has 0 rings (SSSR count). The van der Waals surface area contributed by atoms with Crippen LogP contribution in [0.3, 0.4) is 0 Å². The van der Waals surface area contributed by atoms with Crippen LogP contribution in [0.5, 0.6) is 0 Å². The van der Waals surface area contributed by atoms with E-state index in [1.165, 1.54) is 0 Å². The molecule has 0 bridgehead atoms. The molecule has 102 valence electrons.